The van der Waals surface area contributed by atoms with E-state index >= 15 is 0 Å². The Kier molecular flexibility index (Phi) is 7.41. The molecule has 1 aromatic carbocycles. The molecule has 42 heavy (non-hydrogen) atoms. The van der Waals surface area contributed by atoms with E-state index in [4.69, 9.17) is 25.2 Å². The van der Waals surface area contributed by atoms with E-state index in [9.17, 15) is 4.79 Å². The van der Waals surface area contributed by atoms with E-state index in [-0.39, 0.29) is 11.9 Å². The molecule has 1 aliphatic carbocycles. The highest BCUT2D eigenvalue weighted by Gasteiger charge is 2.39. The second kappa shape index (κ2) is 10.9. The predicted molar refractivity (Wildman–Crippen MR) is 166 cm³/mol. The highest BCUT2D eigenvalue weighted by molar-refractivity contribution is 6.00. The first-order valence-corrected chi connectivity index (χ1v) is 15.3. The van der Waals surface area contributed by atoms with Gasteiger partial charge < -0.3 is 29.2 Å². The van der Waals surface area contributed by atoms with Crippen LogP contribution in [0.4, 0.5) is 0 Å². The Morgan fingerprint density at radius 3 is 2.52 bits per heavy atom. The van der Waals surface area contributed by atoms with E-state index in [2.05, 4.69) is 42.9 Å². The second-order valence-electron chi connectivity index (χ2n) is 12.9. The van der Waals surface area contributed by atoms with Crippen LogP contribution >= 0.6 is 0 Å². The largest absolute Gasteiger partial charge is 0.494 e. The Labute approximate surface area is 248 Å². The Balaban J connectivity index is 1.50. The van der Waals surface area contributed by atoms with Crippen molar-refractivity contribution in [1.29, 1.82) is 0 Å². The van der Waals surface area contributed by atoms with Crippen LogP contribution in [-0.2, 0) is 13.1 Å². The molecule has 0 radical (unpaired) electrons. The number of amides is 1. The molecule has 4 aromatic rings. The average Bonchev–Trinajstić information content (AvgIpc) is 3.51. The number of methoxy groups -OCH3 is 2. The quantitative estimate of drug-likeness (QED) is 0.290. The molecule has 3 aromatic heterocycles. The molecular weight excluding hydrogens is 528 g/mol. The maximum Gasteiger partial charge on any atom is 0.254 e. The molecule has 9 heteroatoms. The Hall–Kier alpha value is -3.59. The minimum Gasteiger partial charge on any atom is -0.494 e. The number of aromatic nitrogens is 4. The van der Waals surface area contributed by atoms with Gasteiger partial charge in [0.25, 0.3) is 5.91 Å². The zero-order valence-corrected chi connectivity index (χ0v) is 25.8. The maximum absolute atomic E-state index is 13.7. The number of carbonyl (C=O) groups is 1. The smallest absolute Gasteiger partial charge is 0.254 e. The minimum absolute atomic E-state index is 0.00591. The summed E-state index contributed by atoms with van der Waals surface area (Å²) in [6.45, 7) is 11.8. The summed E-state index contributed by atoms with van der Waals surface area (Å²) >= 11 is 0. The first-order chi connectivity index (χ1) is 20.2. The molecule has 1 saturated heterocycles. The minimum atomic E-state index is -0.0232. The summed E-state index contributed by atoms with van der Waals surface area (Å²) in [4.78, 5) is 25.6. The van der Waals surface area contributed by atoms with Crippen LogP contribution in [0.25, 0.3) is 33.6 Å². The molecule has 9 nitrogen and oxygen atoms in total. The molecule has 224 valence electrons. The number of nitrogens with two attached hydrogens (primary N) is 1. The molecule has 1 amide bonds. The number of piperidine rings is 1. The van der Waals surface area contributed by atoms with Crippen LogP contribution in [0.1, 0.15) is 63.7 Å². The lowest BCUT2D eigenvalue weighted by molar-refractivity contribution is 0.0599. The first kappa shape index (κ1) is 28.5. The number of fused-ring (bicyclic) bond motifs is 2. The van der Waals surface area contributed by atoms with Crippen LogP contribution in [0.5, 0.6) is 11.6 Å². The van der Waals surface area contributed by atoms with Gasteiger partial charge in [0.05, 0.1) is 25.4 Å². The molecule has 4 heterocycles. The monoisotopic (exact) mass is 572 g/mol. The summed E-state index contributed by atoms with van der Waals surface area (Å²) in [5.74, 6) is 3.01. The highest BCUT2D eigenvalue weighted by Crippen LogP contribution is 2.49. The highest BCUT2D eigenvalue weighted by atomic mass is 16.5. The van der Waals surface area contributed by atoms with E-state index in [1.54, 1.807) is 14.2 Å². The molecular formula is C33H44N6O3. The van der Waals surface area contributed by atoms with Crippen molar-refractivity contribution >= 4 is 28.0 Å². The average molecular weight is 573 g/mol. The van der Waals surface area contributed by atoms with Gasteiger partial charge in [-0.2, -0.15) is 4.98 Å². The van der Waals surface area contributed by atoms with E-state index in [0.717, 1.165) is 53.1 Å². The lowest BCUT2D eigenvalue weighted by Crippen LogP contribution is -2.48. The second-order valence-corrected chi connectivity index (χ2v) is 12.9. The molecule has 2 N–H and O–H groups in total. The van der Waals surface area contributed by atoms with Gasteiger partial charge in [-0.3, -0.25) is 4.79 Å². The van der Waals surface area contributed by atoms with Gasteiger partial charge in [0.2, 0.25) is 5.88 Å². The topological polar surface area (TPSA) is 100 Å². The number of benzene rings is 1. The van der Waals surface area contributed by atoms with Gasteiger partial charge in [0.1, 0.15) is 16.9 Å². The van der Waals surface area contributed by atoms with Gasteiger partial charge >= 0.3 is 0 Å². The number of aryl methyl sites for hydroxylation is 1. The van der Waals surface area contributed by atoms with Gasteiger partial charge in [0.15, 0.2) is 5.82 Å². The van der Waals surface area contributed by atoms with Crippen molar-refractivity contribution < 1.29 is 14.3 Å². The van der Waals surface area contributed by atoms with E-state index in [1.807, 2.05) is 29.2 Å². The fraction of sp³-hybridized carbons (Fsp3) is 0.545. The molecule has 1 unspecified atom stereocenters. The van der Waals surface area contributed by atoms with Gasteiger partial charge in [-0.15, -0.1) is 0 Å². The van der Waals surface area contributed by atoms with Crippen LogP contribution in [0.15, 0.2) is 30.3 Å². The van der Waals surface area contributed by atoms with Crippen molar-refractivity contribution in [2.45, 2.75) is 72.5 Å². The zero-order valence-electron chi connectivity index (χ0n) is 25.8. The van der Waals surface area contributed by atoms with Crippen LogP contribution < -0.4 is 15.2 Å². The van der Waals surface area contributed by atoms with Crippen molar-refractivity contribution in [3.8, 4) is 23.1 Å². The van der Waals surface area contributed by atoms with Crippen LogP contribution in [0.3, 0.4) is 0 Å². The number of hydrogen-bond donors (Lipinski definition) is 1. The summed E-state index contributed by atoms with van der Waals surface area (Å²) in [6, 6.07) is 9.91. The Morgan fingerprint density at radius 1 is 1.07 bits per heavy atom. The molecule has 1 saturated carbocycles. The van der Waals surface area contributed by atoms with Crippen molar-refractivity contribution in [2.75, 3.05) is 27.3 Å². The summed E-state index contributed by atoms with van der Waals surface area (Å²) in [5, 5.41) is 1.03. The number of nitrogens with zero attached hydrogens (tertiary/aromatic N) is 5. The number of carbonyl (C=O) groups excluding carboxylic acids is 1. The standard InChI is InChI=1S/C33H44N6O3/c1-7-33(4)15-21(16-33)18-39-29-25(12-23(14-27(29)41-5)32(40)37-17-20(3)11-24(34)19-37)35-31(39)26-13-22-9-10-28(42-6)36-30(22)38(26)8-2/h9-10,12-14,20-21,24H,7-8,11,15-19,34H2,1-6H3/t20-,21?,24?,33?/m1/s1. The van der Waals surface area contributed by atoms with E-state index in [1.165, 1.54) is 19.3 Å². The normalized spacial score (nSPS) is 24.3. The molecule has 2 fully saturated rings. The third-order valence-corrected chi connectivity index (χ3v) is 9.58. The van der Waals surface area contributed by atoms with Gasteiger partial charge in [0, 0.05) is 49.2 Å². The molecule has 2 atom stereocenters. The molecule has 6 rings (SSSR count). The Bertz CT molecular complexity index is 1620. The van der Waals surface area contributed by atoms with Gasteiger partial charge in [-0.1, -0.05) is 27.2 Å². The first-order valence-electron chi connectivity index (χ1n) is 15.3. The van der Waals surface area contributed by atoms with Crippen molar-refractivity contribution in [3.05, 3.63) is 35.9 Å². The fourth-order valence-corrected chi connectivity index (χ4v) is 7.37. The molecule has 2 aliphatic rings. The summed E-state index contributed by atoms with van der Waals surface area (Å²) < 4.78 is 15.9. The number of imidazole rings is 1. The van der Waals surface area contributed by atoms with Crippen LogP contribution in [-0.4, -0.2) is 63.3 Å². The molecule has 0 bridgehead atoms. The number of ether oxygens (including phenoxy) is 2. The lowest BCUT2D eigenvalue weighted by atomic mass is 9.62. The van der Waals surface area contributed by atoms with E-state index in [0.29, 0.717) is 47.5 Å². The van der Waals surface area contributed by atoms with Gasteiger partial charge in [-0.05, 0) is 67.7 Å². The number of hydrogen-bond acceptors (Lipinski definition) is 6. The molecule has 0 spiro atoms. The third kappa shape index (κ3) is 4.91. The predicted octanol–water partition coefficient (Wildman–Crippen LogP) is 5.73. The zero-order chi connectivity index (χ0) is 29.8. The lowest BCUT2D eigenvalue weighted by Gasteiger charge is -2.45. The number of pyridine rings is 1. The van der Waals surface area contributed by atoms with E-state index < -0.39 is 0 Å². The Morgan fingerprint density at radius 2 is 1.86 bits per heavy atom. The molecule has 1 aliphatic heterocycles. The van der Waals surface area contributed by atoms with Crippen molar-refractivity contribution in [3.63, 3.8) is 0 Å². The maximum atomic E-state index is 13.7. The SMILES string of the molecule is CCn1c(-c2nc3cc(C(=O)N4CC(N)C[C@@H](C)C4)cc(OC)c3n2CC2CC(C)(CC)C2)cc2ccc(OC)nc21. The van der Waals surface area contributed by atoms with Crippen LogP contribution in [0.2, 0.25) is 0 Å². The van der Waals surface area contributed by atoms with Crippen molar-refractivity contribution in [2.24, 2.45) is 23.0 Å². The third-order valence-electron chi connectivity index (χ3n) is 9.58. The summed E-state index contributed by atoms with van der Waals surface area (Å²) in [5.41, 5.74) is 10.8. The fourth-order valence-electron chi connectivity index (χ4n) is 7.37. The summed E-state index contributed by atoms with van der Waals surface area (Å²) in [6.07, 6.45) is 4.49. The van der Waals surface area contributed by atoms with Crippen molar-refractivity contribution in [1.82, 2.24) is 24.0 Å². The summed E-state index contributed by atoms with van der Waals surface area (Å²) in [7, 11) is 3.31. The van der Waals surface area contributed by atoms with Gasteiger partial charge in [-0.25, -0.2) is 4.98 Å². The number of likely N-dealkylation sites (tertiary alicyclic amines) is 1. The number of rotatable bonds is 8. The van der Waals surface area contributed by atoms with Crippen LogP contribution in [0, 0.1) is 17.3 Å².